The van der Waals surface area contributed by atoms with Gasteiger partial charge in [-0.05, 0) is 30.7 Å². The summed E-state index contributed by atoms with van der Waals surface area (Å²) in [7, 11) is -3.14. The highest BCUT2D eigenvalue weighted by atomic mass is 32.2. The standard InChI is InChI=1S/C17H19NO5S/c1-2-23-17(20)8-5-13-3-6-15(7-4-13)18-16(19)11-14-9-10-24(21,22)12-14/h3-10,14H,2,11-12H2,1H3,(H,18,19)/b8-5+. The molecule has 1 aliphatic heterocycles. The zero-order chi connectivity index (χ0) is 17.6. The summed E-state index contributed by atoms with van der Waals surface area (Å²) in [5, 5.41) is 3.89. The van der Waals surface area contributed by atoms with Crippen molar-refractivity contribution in [3.63, 3.8) is 0 Å². The second kappa shape index (κ2) is 7.92. The highest BCUT2D eigenvalue weighted by Gasteiger charge is 2.23. The molecule has 0 spiro atoms. The maximum absolute atomic E-state index is 11.9. The van der Waals surface area contributed by atoms with Crippen LogP contribution in [0.1, 0.15) is 18.9 Å². The van der Waals surface area contributed by atoms with Gasteiger partial charge in [0.25, 0.3) is 0 Å². The number of carbonyl (C=O) groups excluding carboxylic acids is 2. The van der Waals surface area contributed by atoms with E-state index in [0.717, 1.165) is 11.0 Å². The van der Waals surface area contributed by atoms with Crippen molar-refractivity contribution in [3.8, 4) is 0 Å². The molecule has 128 valence electrons. The van der Waals surface area contributed by atoms with E-state index >= 15 is 0 Å². The van der Waals surface area contributed by atoms with Gasteiger partial charge in [-0.1, -0.05) is 18.2 Å². The normalized spacial score (nSPS) is 18.6. The lowest BCUT2D eigenvalue weighted by Gasteiger charge is -2.08. The van der Waals surface area contributed by atoms with Crippen LogP contribution in [-0.2, 0) is 24.2 Å². The molecule has 0 saturated carbocycles. The second-order valence-corrected chi connectivity index (χ2v) is 7.31. The Labute approximate surface area is 141 Å². The van der Waals surface area contributed by atoms with Gasteiger partial charge in [-0.25, -0.2) is 13.2 Å². The van der Waals surface area contributed by atoms with Crippen molar-refractivity contribution < 1.29 is 22.7 Å². The molecule has 1 aliphatic rings. The number of amides is 1. The van der Waals surface area contributed by atoms with Crippen molar-refractivity contribution in [1.82, 2.24) is 0 Å². The Kier molecular flexibility index (Phi) is 5.92. The maximum atomic E-state index is 11.9. The lowest BCUT2D eigenvalue weighted by atomic mass is 10.1. The first-order chi connectivity index (χ1) is 11.4. The van der Waals surface area contributed by atoms with Crippen LogP contribution in [0.2, 0.25) is 0 Å². The number of rotatable bonds is 6. The SMILES string of the molecule is CCOC(=O)/C=C/c1ccc(NC(=O)CC2C=CS(=O)(=O)C2)cc1. The van der Waals surface area contributed by atoms with Gasteiger partial charge in [0.2, 0.25) is 5.91 Å². The summed E-state index contributed by atoms with van der Waals surface area (Å²) in [6.07, 6.45) is 4.64. The molecule has 7 heteroatoms. The maximum Gasteiger partial charge on any atom is 0.330 e. The smallest absolute Gasteiger partial charge is 0.330 e. The Morgan fingerprint density at radius 1 is 1.29 bits per heavy atom. The third-order valence-corrected chi connectivity index (χ3v) is 4.81. The number of benzene rings is 1. The molecule has 1 N–H and O–H groups in total. The molecule has 0 aliphatic carbocycles. The molecule has 1 atom stereocenters. The Morgan fingerprint density at radius 3 is 2.58 bits per heavy atom. The lowest BCUT2D eigenvalue weighted by molar-refractivity contribution is -0.137. The Balaban J connectivity index is 1.86. The fourth-order valence-electron chi connectivity index (χ4n) is 2.25. The number of esters is 1. The van der Waals surface area contributed by atoms with Gasteiger partial charge in [0.05, 0.1) is 12.4 Å². The second-order valence-electron chi connectivity index (χ2n) is 5.38. The molecule has 1 heterocycles. The molecule has 0 bridgehead atoms. The number of allylic oxidation sites excluding steroid dienone is 1. The van der Waals surface area contributed by atoms with Gasteiger partial charge < -0.3 is 10.1 Å². The van der Waals surface area contributed by atoms with E-state index < -0.39 is 15.8 Å². The first kappa shape index (κ1) is 17.9. The Hall–Kier alpha value is -2.41. The molecule has 1 amide bonds. The van der Waals surface area contributed by atoms with Crippen LogP contribution < -0.4 is 5.32 Å². The van der Waals surface area contributed by atoms with Crippen LogP contribution in [0.25, 0.3) is 6.08 Å². The predicted octanol–water partition coefficient (Wildman–Crippen LogP) is 2.15. The van der Waals surface area contributed by atoms with Crippen molar-refractivity contribution in [2.75, 3.05) is 17.7 Å². The van der Waals surface area contributed by atoms with E-state index in [1.54, 1.807) is 43.3 Å². The highest BCUT2D eigenvalue weighted by Crippen LogP contribution is 2.19. The van der Waals surface area contributed by atoms with Gasteiger partial charge in [-0.2, -0.15) is 0 Å². The summed E-state index contributed by atoms with van der Waals surface area (Å²) in [5.74, 6) is -0.939. The van der Waals surface area contributed by atoms with Gasteiger partial charge in [0.1, 0.15) is 0 Å². The summed E-state index contributed by atoms with van der Waals surface area (Å²) >= 11 is 0. The molecular formula is C17H19NO5S. The third kappa shape index (κ3) is 5.66. The molecule has 24 heavy (non-hydrogen) atoms. The molecule has 1 aromatic carbocycles. The van der Waals surface area contributed by atoms with E-state index in [9.17, 15) is 18.0 Å². The van der Waals surface area contributed by atoms with E-state index in [4.69, 9.17) is 4.74 Å². The number of hydrogen-bond acceptors (Lipinski definition) is 5. The minimum absolute atomic E-state index is 0.0159. The van der Waals surface area contributed by atoms with E-state index in [0.29, 0.717) is 12.3 Å². The van der Waals surface area contributed by atoms with E-state index in [1.807, 2.05) is 0 Å². The largest absolute Gasteiger partial charge is 0.463 e. The topological polar surface area (TPSA) is 89.5 Å². The van der Waals surface area contributed by atoms with Crippen LogP contribution in [0.5, 0.6) is 0 Å². The fraction of sp³-hybridized carbons (Fsp3) is 0.294. The quantitative estimate of drug-likeness (QED) is 0.628. The number of anilines is 1. The lowest BCUT2D eigenvalue weighted by Crippen LogP contribution is -2.17. The van der Waals surface area contributed by atoms with E-state index in [-0.39, 0.29) is 24.0 Å². The summed E-state index contributed by atoms with van der Waals surface area (Å²) in [5.41, 5.74) is 1.41. The van der Waals surface area contributed by atoms with E-state index in [1.165, 1.54) is 6.08 Å². The minimum atomic E-state index is -3.14. The summed E-state index contributed by atoms with van der Waals surface area (Å²) < 4.78 is 27.4. The zero-order valence-corrected chi connectivity index (χ0v) is 14.1. The molecule has 1 unspecified atom stereocenters. The van der Waals surface area contributed by atoms with Crippen molar-refractivity contribution >= 4 is 33.5 Å². The van der Waals surface area contributed by atoms with Crippen LogP contribution in [0, 0.1) is 5.92 Å². The minimum Gasteiger partial charge on any atom is -0.463 e. The van der Waals surface area contributed by atoms with E-state index in [2.05, 4.69) is 5.32 Å². The highest BCUT2D eigenvalue weighted by molar-refractivity contribution is 7.94. The van der Waals surface area contributed by atoms with Gasteiger partial charge in [-0.3, -0.25) is 4.79 Å². The van der Waals surface area contributed by atoms with Crippen molar-refractivity contribution in [1.29, 1.82) is 0 Å². The summed E-state index contributed by atoms with van der Waals surface area (Å²) in [6.45, 7) is 2.06. The van der Waals surface area contributed by atoms with Crippen molar-refractivity contribution in [2.24, 2.45) is 5.92 Å². The van der Waals surface area contributed by atoms with Gasteiger partial charge >= 0.3 is 5.97 Å². The van der Waals surface area contributed by atoms with Crippen molar-refractivity contribution in [3.05, 3.63) is 47.4 Å². The Morgan fingerprint density at radius 2 is 2.00 bits per heavy atom. The molecule has 0 radical (unpaired) electrons. The van der Waals surface area contributed by atoms with Crippen LogP contribution in [0.4, 0.5) is 5.69 Å². The predicted molar refractivity (Wildman–Crippen MR) is 91.8 cm³/mol. The molecule has 0 aromatic heterocycles. The van der Waals surface area contributed by atoms with Gasteiger partial charge in [0.15, 0.2) is 9.84 Å². The number of sulfone groups is 1. The van der Waals surface area contributed by atoms with Crippen LogP contribution in [-0.4, -0.2) is 32.7 Å². The first-order valence-corrected chi connectivity index (χ1v) is 9.25. The van der Waals surface area contributed by atoms with Crippen LogP contribution >= 0.6 is 0 Å². The molecule has 1 aromatic rings. The van der Waals surface area contributed by atoms with Crippen LogP contribution in [0.15, 0.2) is 41.8 Å². The number of ether oxygens (including phenoxy) is 1. The van der Waals surface area contributed by atoms with Gasteiger partial charge in [0, 0.05) is 29.5 Å². The van der Waals surface area contributed by atoms with Gasteiger partial charge in [-0.15, -0.1) is 0 Å². The zero-order valence-electron chi connectivity index (χ0n) is 13.3. The Bertz CT molecular complexity index is 763. The van der Waals surface area contributed by atoms with Crippen molar-refractivity contribution in [2.45, 2.75) is 13.3 Å². The molecule has 0 saturated heterocycles. The average Bonchev–Trinajstić information content (AvgIpc) is 2.85. The number of nitrogens with one attached hydrogen (secondary N) is 1. The number of hydrogen-bond donors (Lipinski definition) is 1. The molecule has 2 rings (SSSR count). The van der Waals surface area contributed by atoms with Crippen LogP contribution in [0.3, 0.4) is 0 Å². The third-order valence-electron chi connectivity index (χ3n) is 3.34. The number of carbonyl (C=O) groups is 2. The molecular weight excluding hydrogens is 330 g/mol. The first-order valence-electron chi connectivity index (χ1n) is 7.53. The molecule has 0 fully saturated rings. The summed E-state index contributed by atoms with van der Waals surface area (Å²) in [4.78, 5) is 23.2. The fourth-order valence-corrected chi connectivity index (χ4v) is 3.65. The molecule has 6 nitrogen and oxygen atoms in total. The monoisotopic (exact) mass is 349 g/mol. The average molecular weight is 349 g/mol. The summed E-state index contributed by atoms with van der Waals surface area (Å²) in [6, 6.07) is 6.93.